The topological polar surface area (TPSA) is 87.8 Å². The average molecular weight is 364 g/mol. The van der Waals surface area contributed by atoms with Crippen LogP contribution in [0.1, 0.15) is 33.1 Å². The number of carbonyl (C=O) groups excluding carboxylic acids is 1. The van der Waals surface area contributed by atoms with E-state index >= 15 is 0 Å². The van der Waals surface area contributed by atoms with Crippen LogP contribution in [0.3, 0.4) is 0 Å². The van der Waals surface area contributed by atoms with E-state index in [-0.39, 0.29) is 18.4 Å². The van der Waals surface area contributed by atoms with Crippen molar-refractivity contribution >= 4 is 17.5 Å². The van der Waals surface area contributed by atoms with Gasteiger partial charge in [-0.25, -0.2) is 9.50 Å². The SMILES string of the molecule is Cc1ccccc1[C@@H]1CN(C(=O)c2cnc3ccnn3c2C)C[C@H]1C(=O)O. The van der Waals surface area contributed by atoms with Gasteiger partial charge in [0.1, 0.15) is 0 Å². The molecule has 1 aliphatic heterocycles. The first-order valence-corrected chi connectivity index (χ1v) is 8.84. The number of benzene rings is 1. The van der Waals surface area contributed by atoms with E-state index in [9.17, 15) is 14.7 Å². The number of fused-ring (bicyclic) bond motifs is 1. The number of hydrogen-bond donors (Lipinski definition) is 1. The van der Waals surface area contributed by atoms with Crippen LogP contribution < -0.4 is 0 Å². The summed E-state index contributed by atoms with van der Waals surface area (Å²) in [5.41, 5.74) is 3.84. The van der Waals surface area contributed by atoms with Gasteiger partial charge in [0.25, 0.3) is 5.91 Å². The highest BCUT2D eigenvalue weighted by atomic mass is 16.4. The first-order valence-electron chi connectivity index (χ1n) is 8.84. The molecule has 0 unspecified atom stereocenters. The van der Waals surface area contributed by atoms with Crippen molar-refractivity contribution < 1.29 is 14.7 Å². The lowest BCUT2D eigenvalue weighted by Crippen LogP contribution is -2.31. The summed E-state index contributed by atoms with van der Waals surface area (Å²) in [5.74, 6) is -1.94. The molecule has 3 heterocycles. The minimum Gasteiger partial charge on any atom is -0.481 e. The molecule has 7 nitrogen and oxygen atoms in total. The second-order valence-corrected chi connectivity index (χ2v) is 6.98. The highest BCUT2D eigenvalue weighted by Gasteiger charge is 2.41. The van der Waals surface area contributed by atoms with E-state index in [0.717, 1.165) is 11.1 Å². The summed E-state index contributed by atoms with van der Waals surface area (Å²) < 4.78 is 1.62. The molecule has 1 amide bonds. The molecule has 1 saturated heterocycles. The van der Waals surface area contributed by atoms with E-state index in [1.807, 2.05) is 38.1 Å². The van der Waals surface area contributed by atoms with Crippen LogP contribution in [-0.2, 0) is 4.79 Å². The Balaban J connectivity index is 1.68. The molecular formula is C20H20N4O3. The van der Waals surface area contributed by atoms with Crippen molar-refractivity contribution in [2.24, 2.45) is 5.92 Å². The Morgan fingerprint density at radius 3 is 2.67 bits per heavy atom. The molecule has 1 aromatic carbocycles. The Morgan fingerprint density at radius 2 is 1.93 bits per heavy atom. The molecule has 2 atom stereocenters. The van der Waals surface area contributed by atoms with E-state index < -0.39 is 11.9 Å². The molecule has 1 N–H and O–H groups in total. The zero-order valence-corrected chi connectivity index (χ0v) is 15.2. The van der Waals surface area contributed by atoms with Crippen LogP contribution in [0.25, 0.3) is 5.65 Å². The first kappa shape index (κ1) is 17.2. The largest absolute Gasteiger partial charge is 0.481 e. The van der Waals surface area contributed by atoms with Crippen LogP contribution in [0.5, 0.6) is 0 Å². The highest BCUT2D eigenvalue weighted by Crippen LogP contribution is 2.35. The second kappa shape index (κ2) is 6.50. The maximum absolute atomic E-state index is 13.1. The normalized spacial score (nSPS) is 19.6. The van der Waals surface area contributed by atoms with Gasteiger partial charge in [-0.05, 0) is 25.0 Å². The lowest BCUT2D eigenvalue weighted by atomic mass is 9.86. The van der Waals surface area contributed by atoms with Gasteiger partial charge in [-0.2, -0.15) is 5.10 Å². The molecule has 0 aliphatic carbocycles. The first-order chi connectivity index (χ1) is 13.0. The standard InChI is InChI=1S/C20H20N4O3/c1-12-5-3-4-6-14(12)16-10-23(11-17(16)20(26)27)19(25)15-9-21-18-7-8-22-24(18)13(15)2/h3-9,16-17H,10-11H2,1-2H3,(H,26,27)/t16-,17+/m0/s1. The molecule has 1 aliphatic rings. The van der Waals surface area contributed by atoms with Crippen molar-refractivity contribution in [2.75, 3.05) is 13.1 Å². The Morgan fingerprint density at radius 1 is 1.15 bits per heavy atom. The lowest BCUT2D eigenvalue weighted by molar-refractivity contribution is -0.141. The van der Waals surface area contributed by atoms with Crippen molar-refractivity contribution in [3.63, 3.8) is 0 Å². The molecule has 138 valence electrons. The third-order valence-electron chi connectivity index (χ3n) is 5.40. The number of aromatic nitrogens is 3. The number of amides is 1. The summed E-state index contributed by atoms with van der Waals surface area (Å²) in [6, 6.07) is 9.53. The number of carboxylic acids is 1. The minimum atomic E-state index is -0.879. The number of likely N-dealkylation sites (tertiary alicyclic amines) is 1. The molecule has 0 spiro atoms. The predicted molar refractivity (Wildman–Crippen MR) is 98.7 cm³/mol. The molecule has 4 rings (SSSR count). The number of hydrogen-bond acceptors (Lipinski definition) is 4. The lowest BCUT2D eigenvalue weighted by Gasteiger charge is -2.18. The highest BCUT2D eigenvalue weighted by molar-refractivity contribution is 5.96. The van der Waals surface area contributed by atoms with Crippen LogP contribution in [-0.4, -0.2) is 49.6 Å². The number of aryl methyl sites for hydroxylation is 2. The van der Waals surface area contributed by atoms with Crippen LogP contribution >= 0.6 is 0 Å². The summed E-state index contributed by atoms with van der Waals surface area (Å²) in [4.78, 5) is 30.9. The van der Waals surface area contributed by atoms with Gasteiger partial charge in [0.2, 0.25) is 0 Å². The van der Waals surface area contributed by atoms with E-state index in [2.05, 4.69) is 10.1 Å². The van der Waals surface area contributed by atoms with Crippen LogP contribution in [0.15, 0.2) is 42.7 Å². The quantitative estimate of drug-likeness (QED) is 0.770. The third kappa shape index (κ3) is 2.85. The van der Waals surface area contributed by atoms with Gasteiger partial charge >= 0.3 is 5.97 Å². The van der Waals surface area contributed by atoms with Crippen molar-refractivity contribution in [1.82, 2.24) is 19.5 Å². The van der Waals surface area contributed by atoms with E-state index in [1.165, 1.54) is 0 Å². The molecule has 1 fully saturated rings. The molecule has 0 radical (unpaired) electrons. The minimum absolute atomic E-state index is 0.184. The van der Waals surface area contributed by atoms with Crippen molar-refractivity contribution in [1.29, 1.82) is 0 Å². The Kier molecular flexibility index (Phi) is 4.14. The fraction of sp³-hybridized carbons (Fsp3) is 0.300. The Bertz CT molecular complexity index is 1040. The van der Waals surface area contributed by atoms with Gasteiger partial charge in [-0.3, -0.25) is 9.59 Å². The fourth-order valence-corrected chi connectivity index (χ4v) is 3.91. The van der Waals surface area contributed by atoms with E-state index in [1.54, 1.807) is 27.9 Å². The maximum atomic E-state index is 13.1. The molecular weight excluding hydrogens is 344 g/mol. The van der Waals surface area contributed by atoms with E-state index in [0.29, 0.717) is 23.4 Å². The Labute approximate surface area is 156 Å². The molecule has 3 aromatic rings. The second-order valence-electron chi connectivity index (χ2n) is 6.98. The van der Waals surface area contributed by atoms with Gasteiger partial charge in [0.05, 0.1) is 23.4 Å². The summed E-state index contributed by atoms with van der Waals surface area (Å²) in [7, 11) is 0. The van der Waals surface area contributed by atoms with Crippen molar-refractivity contribution in [3.8, 4) is 0 Å². The monoisotopic (exact) mass is 364 g/mol. The van der Waals surface area contributed by atoms with Crippen LogP contribution in [0, 0.1) is 19.8 Å². The van der Waals surface area contributed by atoms with Gasteiger partial charge in [-0.15, -0.1) is 0 Å². The van der Waals surface area contributed by atoms with Crippen LogP contribution in [0.4, 0.5) is 0 Å². The summed E-state index contributed by atoms with van der Waals surface area (Å²) in [6.45, 7) is 4.35. The molecule has 0 saturated carbocycles. The summed E-state index contributed by atoms with van der Waals surface area (Å²) >= 11 is 0. The summed E-state index contributed by atoms with van der Waals surface area (Å²) in [6.07, 6.45) is 3.18. The van der Waals surface area contributed by atoms with Gasteiger partial charge in [-0.1, -0.05) is 24.3 Å². The van der Waals surface area contributed by atoms with Gasteiger partial charge in [0, 0.05) is 31.3 Å². The molecule has 0 bridgehead atoms. The zero-order valence-electron chi connectivity index (χ0n) is 15.2. The van der Waals surface area contributed by atoms with Gasteiger partial charge in [0.15, 0.2) is 5.65 Å². The predicted octanol–water partition coefficient (Wildman–Crippen LogP) is 2.29. The van der Waals surface area contributed by atoms with Crippen molar-refractivity contribution in [3.05, 3.63) is 65.1 Å². The fourth-order valence-electron chi connectivity index (χ4n) is 3.91. The number of carboxylic acid groups (broad SMARTS) is 1. The molecule has 27 heavy (non-hydrogen) atoms. The number of nitrogens with zero attached hydrogens (tertiary/aromatic N) is 4. The maximum Gasteiger partial charge on any atom is 0.308 e. The van der Waals surface area contributed by atoms with Gasteiger partial charge < -0.3 is 10.0 Å². The molecule has 2 aromatic heterocycles. The van der Waals surface area contributed by atoms with Crippen molar-refractivity contribution in [2.45, 2.75) is 19.8 Å². The molecule has 7 heteroatoms. The smallest absolute Gasteiger partial charge is 0.308 e. The summed E-state index contributed by atoms with van der Waals surface area (Å²) in [5, 5.41) is 13.9. The number of carbonyl (C=O) groups is 2. The number of aliphatic carboxylic acids is 1. The third-order valence-corrected chi connectivity index (χ3v) is 5.40. The average Bonchev–Trinajstić information content (AvgIpc) is 3.29. The zero-order chi connectivity index (χ0) is 19.1. The number of rotatable bonds is 3. The Hall–Kier alpha value is -3.22. The van der Waals surface area contributed by atoms with E-state index in [4.69, 9.17) is 0 Å². The van der Waals surface area contributed by atoms with Crippen LogP contribution in [0.2, 0.25) is 0 Å².